The maximum absolute atomic E-state index is 13.2. The number of aromatic nitrogens is 1. The minimum Gasteiger partial charge on any atom is -0.480 e. The van der Waals surface area contributed by atoms with Crippen molar-refractivity contribution in [2.45, 2.75) is 47.0 Å². The van der Waals surface area contributed by atoms with Crippen LogP contribution < -0.4 is 0 Å². The van der Waals surface area contributed by atoms with Crippen molar-refractivity contribution in [1.29, 1.82) is 0 Å². The average molecular weight is 493 g/mol. The molecule has 0 spiro atoms. The Kier molecular flexibility index (Phi) is 5.11. The van der Waals surface area contributed by atoms with Gasteiger partial charge in [0.25, 0.3) is 0 Å². The number of carbonyl (C=O) groups is 3. The summed E-state index contributed by atoms with van der Waals surface area (Å²) in [6.45, 7) is 3.94. The molecule has 1 aromatic carbocycles. The summed E-state index contributed by atoms with van der Waals surface area (Å²) in [5.41, 5.74) is 1.28. The topological polar surface area (TPSA) is 99.8 Å². The number of hydrogen-bond acceptors (Lipinski definition) is 5. The van der Waals surface area contributed by atoms with Gasteiger partial charge in [-0.3, -0.25) is 9.59 Å². The Balaban J connectivity index is 1.60. The fourth-order valence-corrected chi connectivity index (χ4v) is 6.75. The molecule has 2 saturated heterocycles. The van der Waals surface area contributed by atoms with Crippen molar-refractivity contribution >= 4 is 45.4 Å². The van der Waals surface area contributed by atoms with Gasteiger partial charge in [0.15, 0.2) is 4.32 Å². The molecule has 7 nitrogen and oxygen atoms in total. The largest absolute Gasteiger partial charge is 0.480 e. The van der Waals surface area contributed by atoms with Crippen LogP contribution in [0.4, 0.5) is 0 Å². The third-order valence-corrected chi connectivity index (χ3v) is 8.85. The normalized spacial score (nSPS) is 28.0. The van der Waals surface area contributed by atoms with Crippen molar-refractivity contribution < 1.29 is 24.6 Å². The van der Waals surface area contributed by atoms with Gasteiger partial charge in [0.1, 0.15) is 17.5 Å². The number of benzene rings is 1. The molecular formula is C21H21BrN2O5S. The molecule has 2 aliphatic rings. The molecule has 2 fully saturated rings. The number of halogens is 1. The highest BCUT2D eigenvalue weighted by Gasteiger charge is 2.73. The molecule has 2 unspecified atom stereocenters. The van der Waals surface area contributed by atoms with Crippen LogP contribution in [0.5, 0.6) is 0 Å². The Hall–Kier alpha value is -2.10. The number of carbonyl (C=O) groups excluding carboxylic acids is 2. The molecule has 1 amide bonds. The lowest BCUT2D eigenvalue weighted by atomic mass is 9.85. The van der Waals surface area contributed by atoms with Gasteiger partial charge in [0, 0.05) is 17.5 Å². The van der Waals surface area contributed by atoms with E-state index in [2.05, 4.69) is 15.9 Å². The molecule has 4 rings (SSSR count). The first kappa shape index (κ1) is 21.1. The summed E-state index contributed by atoms with van der Waals surface area (Å²) in [5, 5.41) is 19.9. The molecule has 9 heteroatoms. The molecule has 158 valence electrons. The third kappa shape index (κ3) is 3.02. The number of alkyl halides is 1. The number of β-lactam (4-membered cyclic amide) rings is 1. The van der Waals surface area contributed by atoms with Crippen molar-refractivity contribution in [3.8, 4) is 0 Å². The molecule has 0 bridgehead atoms. The van der Waals surface area contributed by atoms with Crippen LogP contribution in [0.25, 0.3) is 0 Å². The summed E-state index contributed by atoms with van der Waals surface area (Å²) in [6, 6.07) is 11.9. The van der Waals surface area contributed by atoms with Crippen molar-refractivity contribution in [1.82, 2.24) is 9.47 Å². The average Bonchev–Trinajstić information content (AvgIpc) is 3.27. The molecule has 0 radical (unpaired) electrons. The standard InChI is InChI=1S/C21H21BrN2O5S/c1-20(2)15(17(27)28)24-18(29)21(22,19(24)30-20)16(26)14(25)13-9-6-10-23(13)11-12-7-4-3-5-8-12/h3-10,15-16,19,26H,11H2,1-2H3,(H,27,28)/t15-,16?,19+,21?/m0/s1. The number of rotatable bonds is 6. The number of nitrogens with zero attached hydrogens (tertiary/aromatic N) is 2. The Labute approximate surface area is 186 Å². The molecular weight excluding hydrogens is 472 g/mol. The smallest absolute Gasteiger partial charge is 0.327 e. The van der Waals surface area contributed by atoms with Crippen molar-refractivity contribution in [3.05, 3.63) is 59.9 Å². The number of carboxylic acids is 1. The molecule has 30 heavy (non-hydrogen) atoms. The van der Waals surface area contributed by atoms with Crippen LogP contribution in [0, 0.1) is 0 Å². The van der Waals surface area contributed by atoms with Gasteiger partial charge >= 0.3 is 5.97 Å². The second-order valence-corrected chi connectivity index (χ2v) is 11.1. The van der Waals surface area contributed by atoms with E-state index in [0.717, 1.165) is 5.56 Å². The van der Waals surface area contributed by atoms with Crippen molar-refractivity contribution in [2.24, 2.45) is 0 Å². The highest BCUT2D eigenvalue weighted by atomic mass is 79.9. The third-order valence-electron chi connectivity index (χ3n) is 5.68. The Morgan fingerprint density at radius 2 is 1.87 bits per heavy atom. The Morgan fingerprint density at radius 3 is 2.50 bits per heavy atom. The van der Waals surface area contributed by atoms with Crippen molar-refractivity contribution in [2.75, 3.05) is 0 Å². The number of amides is 1. The maximum atomic E-state index is 13.2. The first-order valence-corrected chi connectivity index (χ1v) is 11.1. The van der Waals surface area contributed by atoms with Gasteiger partial charge in [0.05, 0.1) is 5.69 Å². The number of aliphatic carboxylic acids is 1. The molecule has 3 heterocycles. The lowest BCUT2D eigenvalue weighted by Gasteiger charge is -2.51. The predicted octanol–water partition coefficient (Wildman–Crippen LogP) is 2.36. The van der Waals surface area contributed by atoms with Gasteiger partial charge in [-0.1, -0.05) is 46.3 Å². The highest BCUT2D eigenvalue weighted by molar-refractivity contribution is 9.10. The van der Waals surface area contributed by atoms with Crippen LogP contribution in [0.3, 0.4) is 0 Å². The maximum Gasteiger partial charge on any atom is 0.327 e. The van der Waals surface area contributed by atoms with E-state index < -0.39 is 44.3 Å². The van der Waals surface area contributed by atoms with Gasteiger partial charge in [-0.15, -0.1) is 11.8 Å². The summed E-state index contributed by atoms with van der Waals surface area (Å²) < 4.78 is -0.583. The summed E-state index contributed by atoms with van der Waals surface area (Å²) >= 11 is 4.60. The first-order chi connectivity index (χ1) is 14.1. The van der Waals surface area contributed by atoms with E-state index in [1.165, 1.54) is 16.7 Å². The summed E-state index contributed by atoms with van der Waals surface area (Å²) in [6.07, 6.45) is 0.0999. The molecule has 1 aromatic heterocycles. The van der Waals surface area contributed by atoms with Gasteiger partial charge < -0.3 is 19.7 Å². The molecule has 2 aliphatic heterocycles. The van der Waals surface area contributed by atoms with Gasteiger partial charge in [-0.2, -0.15) is 0 Å². The zero-order chi connectivity index (χ0) is 21.8. The predicted molar refractivity (Wildman–Crippen MR) is 116 cm³/mol. The summed E-state index contributed by atoms with van der Waals surface area (Å²) in [4.78, 5) is 39.1. The highest BCUT2D eigenvalue weighted by Crippen LogP contribution is 2.59. The molecule has 4 atom stereocenters. The molecule has 0 saturated carbocycles. The van der Waals surface area contributed by atoms with Crippen LogP contribution in [0.15, 0.2) is 48.7 Å². The fourth-order valence-electron chi connectivity index (χ4n) is 4.18. The number of aliphatic hydroxyl groups excluding tert-OH is 1. The van der Waals surface area contributed by atoms with E-state index in [4.69, 9.17) is 0 Å². The summed E-state index contributed by atoms with van der Waals surface area (Å²) in [7, 11) is 0. The molecule has 0 aliphatic carbocycles. The van der Waals surface area contributed by atoms with Gasteiger partial charge in [-0.25, -0.2) is 4.79 Å². The zero-order valence-corrected chi connectivity index (χ0v) is 18.8. The first-order valence-electron chi connectivity index (χ1n) is 9.42. The van der Waals surface area contributed by atoms with E-state index in [-0.39, 0.29) is 5.69 Å². The monoisotopic (exact) mass is 492 g/mol. The second kappa shape index (κ2) is 7.25. The number of ketones is 1. The van der Waals surface area contributed by atoms with E-state index in [9.17, 15) is 24.6 Å². The molecule has 2 aromatic rings. The summed E-state index contributed by atoms with van der Waals surface area (Å²) in [5.74, 6) is -2.27. The lowest BCUT2D eigenvalue weighted by Crippen LogP contribution is -2.75. The quantitative estimate of drug-likeness (QED) is 0.364. The second-order valence-electron chi connectivity index (χ2n) is 8.07. The Morgan fingerprint density at radius 1 is 1.20 bits per heavy atom. The number of hydrogen-bond donors (Lipinski definition) is 2. The lowest BCUT2D eigenvalue weighted by molar-refractivity contribution is -0.163. The SMILES string of the molecule is CC1(C)S[C@H]2N(C(=O)C2(Br)C(O)C(=O)c2cccn2Cc2ccccc2)[C@H]1C(=O)O. The number of fused-ring (bicyclic) bond motifs is 1. The Bertz CT molecular complexity index is 1020. The number of Topliss-reactive ketones (excluding diaryl/α,β-unsaturated/α-hetero) is 1. The minimum absolute atomic E-state index is 0.286. The zero-order valence-electron chi connectivity index (χ0n) is 16.4. The van der Waals surface area contributed by atoms with Crippen LogP contribution in [-0.2, 0) is 16.1 Å². The van der Waals surface area contributed by atoms with Crippen LogP contribution in [0.2, 0.25) is 0 Å². The van der Waals surface area contributed by atoms with Gasteiger partial charge in [-0.05, 0) is 31.5 Å². The fraction of sp³-hybridized carbons (Fsp3) is 0.381. The van der Waals surface area contributed by atoms with Crippen LogP contribution in [0.1, 0.15) is 29.9 Å². The number of thioether (sulfide) groups is 1. The number of aliphatic hydroxyl groups is 1. The van der Waals surface area contributed by atoms with E-state index in [1.807, 2.05) is 30.3 Å². The van der Waals surface area contributed by atoms with Crippen molar-refractivity contribution in [3.63, 3.8) is 0 Å². The minimum atomic E-state index is -1.65. The van der Waals surface area contributed by atoms with Crippen LogP contribution >= 0.6 is 27.7 Å². The van der Waals surface area contributed by atoms with E-state index in [0.29, 0.717) is 6.54 Å². The van der Waals surface area contributed by atoms with Gasteiger partial charge in [0.2, 0.25) is 11.7 Å². The molecule has 2 N–H and O–H groups in total. The van der Waals surface area contributed by atoms with E-state index >= 15 is 0 Å². The van der Waals surface area contributed by atoms with E-state index in [1.54, 1.807) is 36.7 Å². The number of carboxylic acid groups (broad SMARTS) is 1. The van der Waals surface area contributed by atoms with Crippen LogP contribution in [-0.4, -0.2) is 63.9 Å².